The minimum atomic E-state index is -1.73. The zero-order chi connectivity index (χ0) is 16.0. The molecule has 0 amide bonds. The van der Waals surface area contributed by atoms with Gasteiger partial charge in [0.25, 0.3) is 0 Å². The number of rotatable bonds is 8. The topological polar surface area (TPSA) is 27.7 Å². The fraction of sp³-hybridized carbons (Fsp3) is 0.875. The van der Waals surface area contributed by atoms with Crippen LogP contribution in [-0.4, -0.2) is 34.9 Å². The molecule has 20 heavy (non-hydrogen) atoms. The normalized spacial score (nSPS) is 17.4. The number of terminal acetylenes is 1. The Morgan fingerprint density at radius 3 is 2.15 bits per heavy atom. The Morgan fingerprint density at radius 2 is 1.75 bits per heavy atom. The lowest BCUT2D eigenvalue weighted by atomic mass is 9.94. The third-order valence-corrected chi connectivity index (χ3v) is 8.71. The lowest BCUT2D eigenvalue weighted by molar-refractivity contribution is -0.105. The summed E-state index contributed by atoms with van der Waals surface area (Å²) in [7, 11) is -0.109. The number of hydrogen-bond donors (Lipinski definition) is 0. The van der Waals surface area contributed by atoms with Crippen molar-refractivity contribution in [2.75, 3.05) is 20.5 Å². The first-order chi connectivity index (χ1) is 9.06. The number of ether oxygens (including phenoxy) is 2. The molecule has 4 heteroatoms. The van der Waals surface area contributed by atoms with Crippen molar-refractivity contribution in [2.45, 2.75) is 58.9 Å². The molecule has 0 aromatic rings. The molecule has 0 saturated heterocycles. The van der Waals surface area contributed by atoms with Gasteiger partial charge in [0, 0.05) is 25.6 Å². The predicted octanol–water partition coefficient (Wildman–Crippen LogP) is 3.90. The Balaban J connectivity index is 4.62. The van der Waals surface area contributed by atoms with E-state index in [0.29, 0.717) is 6.61 Å². The Labute approximate surface area is 126 Å². The molecule has 0 heterocycles. The first kappa shape index (κ1) is 19.7. The van der Waals surface area contributed by atoms with E-state index < -0.39 is 8.32 Å². The van der Waals surface area contributed by atoms with Gasteiger partial charge in [0.1, 0.15) is 6.79 Å². The molecule has 0 rings (SSSR count). The third kappa shape index (κ3) is 5.97. The second-order valence-electron chi connectivity index (χ2n) is 7.04. The summed E-state index contributed by atoms with van der Waals surface area (Å²) in [5, 5.41) is 0.216. The molecule has 0 aromatic carbocycles. The first-order valence-corrected chi connectivity index (χ1v) is 10.2. The van der Waals surface area contributed by atoms with E-state index in [1.807, 2.05) is 6.92 Å². The van der Waals surface area contributed by atoms with Crippen LogP contribution in [0.4, 0.5) is 0 Å². The molecule has 0 aliphatic heterocycles. The summed E-state index contributed by atoms with van der Waals surface area (Å²) < 4.78 is 17.0. The maximum atomic E-state index is 6.26. The Morgan fingerprint density at radius 1 is 1.20 bits per heavy atom. The lowest BCUT2D eigenvalue weighted by Crippen LogP contribution is -2.43. The van der Waals surface area contributed by atoms with Gasteiger partial charge in [0.05, 0.1) is 6.10 Å². The molecule has 3 nitrogen and oxygen atoms in total. The highest BCUT2D eigenvalue weighted by Gasteiger charge is 2.38. The summed E-state index contributed by atoms with van der Waals surface area (Å²) in [5.41, 5.74) is 0. The average Bonchev–Trinajstić information content (AvgIpc) is 2.35. The van der Waals surface area contributed by atoms with Crippen molar-refractivity contribution < 1.29 is 13.9 Å². The molecule has 0 aliphatic carbocycles. The van der Waals surface area contributed by atoms with Crippen LogP contribution in [0.3, 0.4) is 0 Å². The van der Waals surface area contributed by atoms with Gasteiger partial charge in [-0.15, -0.1) is 12.3 Å². The molecule has 0 radical (unpaired) electrons. The zero-order valence-corrected chi connectivity index (χ0v) is 15.4. The van der Waals surface area contributed by atoms with Crippen LogP contribution < -0.4 is 0 Å². The fourth-order valence-electron chi connectivity index (χ4n) is 1.69. The van der Waals surface area contributed by atoms with Crippen LogP contribution in [0, 0.1) is 24.2 Å². The summed E-state index contributed by atoms with van der Waals surface area (Å²) in [6, 6.07) is 0. The Bertz CT molecular complexity index is 315. The molecule has 3 atom stereocenters. The van der Waals surface area contributed by atoms with Gasteiger partial charge in [0.15, 0.2) is 8.32 Å². The van der Waals surface area contributed by atoms with Crippen molar-refractivity contribution in [2.24, 2.45) is 11.8 Å². The molecule has 118 valence electrons. The zero-order valence-electron chi connectivity index (χ0n) is 14.4. The van der Waals surface area contributed by atoms with E-state index in [2.05, 4.69) is 46.7 Å². The van der Waals surface area contributed by atoms with Crippen LogP contribution in [0.5, 0.6) is 0 Å². The summed E-state index contributed by atoms with van der Waals surface area (Å²) in [5.74, 6) is 3.04. The SMILES string of the molecule is C#C[C@H](C)[C@H](OCOC)[C@@H](C)CO[Si](C)(C)C(C)(C)C. The van der Waals surface area contributed by atoms with Crippen molar-refractivity contribution in [3.8, 4) is 12.3 Å². The predicted molar refractivity (Wildman–Crippen MR) is 87.1 cm³/mol. The average molecular weight is 301 g/mol. The molecule has 0 spiro atoms. The second-order valence-corrected chi connectivity index (χ2v) is 11.9. The second kappa shape index (κ2) is 8.19. The molecule has 0 aliphatic rings. The van der Waals surface area contributed by atoms with E-state index in [4.69, 9.17) is 20.3 Å². The maximum Gasteiger partial charge on any atom is 0.191 e. The van der Waals surface area contributed by atoms with E-state index in [0.717, 1.165) is 0 Å². The molecular weight excluding hydrogens is 268 g/mol. The van der Waals surface area contributed by atoms with Crippen LogP contribution in [0.1, 0.15) is 34.6 Å². The van der Waals surface area contributed by atoms with Crippen molar-refractivity contribution in [3.05, 3.63) is 0 Å². The van der Waals surface area contributed by atoms with Crippen molar-refractivity contribution in [3.63, 3.8) is 0 Å². The smallest absolute Gasteiger partial charge is 0.191 e. The highest BCUT2D eigenvalue weighted by molar-refractivity contribution is 6.74. The largest absolute Gasteiger partial charge is 0.416 e. The molecule has 0 aromatic heterocycles. The minimum Gasteiger partial charge on any atom is -0.416 e. The molecule has 0 bridgehead atoms. The fourth-order valence-corrected chi connectivity index (χ4v) is 2.81. The van der Waals surface area contributed by atoms with Gasteiger partial charge in [-0.25, -0.2) is 0 Å². The van der Waals surface area contributed by atoms with Gasteiger partial charge in [-0.3, -0.25) is 0 Å². The highest BCUT2D eigenvalue weighted by atomic mass is 28.4. The van der Waals surface area contributed by atoms with Gasteiger partial charge >= 0.3 is 0 Å². The molecule has 0 unspecified atom stereocenters. The van der Waals surface area contributed by atoms with E-state index >= 15 is 0 Å². The maximum absolute atomic E-state index is 6.26. The first-order valence-electron chi connectivity index (χ1n) is 7.27. The summed E-state index contributed by atoms with van der Waals surface area (Å²) in [6.45, 7) is 16.3. The quantitative estimate of drug-likeness (QED) is 0.386. The van der Waals surface area contributed by atoms with Crippen LogP contribution in [0.15, 0.2) is 0 Å². The monoisotopic (exact) mass is 300 g/mol. The van der Waals surface area contributed by atoms with E-state index in [1.165, 1.54) is 0 Å². The van der Waals surface area contributed by atoms with Gasteiger partial charge in [0.2, 0.25) is 0 Å². The van der Waals surface area contributed by atoms with E-state index in [-0.39, 0.29) is 29.8 Å². The van der Waals surface area contributed by atoms with E-state index in [9.17, 15) is 0 Å². The summed E-state index contributed by atoms with van der Waals surface area (Å²) >= 11 is 0. The molecule has 0 N–H and O–H groups in total. The van der Waals surface area contributed by atoms with Crippen LogP contribution in [0.2, 0.25) is 18.1 Å². The molecule has 0 saturated carbocycles. The van der Waals surface area contributed by atoms with Crippen molar-refractivity contribution in [1.82, 2.24) is 0 Å². The molecular formula is C16H32O3Si. The molecule has 0 fully saturated rings. The summed E-state index contributed by atoms with van der Waals surface area (Å²) in [6.07, 6.45) is 5.49. The van der Waals surface area contributed by atoms with Crippen molar-refractivity contribution in [1.29, 1.82) is 0 Å². The Kier molecular flexibility index (Phi) is 8.05. The van der Waals surface area contributed by atoms with Gasteiger partial charge < -0.3 is 13.9 Å². The van der Waals surface area contributed by atoms with Crippen LogP contribution >= 0.6 is 0 Å². The van der Waals surface area contributed by atoms with Crippen LogP contribution in [-0.2, 0) is 13.9 Å². The Hall–Kier alpha value is -0.343. The van der Waals surface area contributed by atoms with Gasteiger partial charge in [-0.2, -0.15) is 0 Å². The lowest BCUT2D eigenvalue weighted by Gasteiger charge is -2.38. The van der Waals surface area contributed by atoms with Crippen LogP contribution in [0.25, 0.3) is 0 Å². The van der Waals surface area contributed by atoms with Crippen molar-refractivity contribution >= 4 is 8.32 Å². The van der Waals surface area contributed by atoms with Gasteiger partial charge in [-0.1, -0.05) is 27.7 Å². The van der Waals surface area contributed by atoms with E-state index in [1.54, 1.807) is 7.11 Å². The standard InChI is InChI=1S/C16H32O3Si/c1-10-13(2)15(18-12-17-7)14(3)11-19-20(8,9)16(4,5)6/h1,13-15H,11-12H2,2-9H3/t13-,14-,15-/m0/s1. The highest BCUT2D eigenvalue weighted by Crippen LogP contribution is 2.37. The number of methoxy groups -OCH3 is 1. The number of hydrogen-bond acceptors (Lipinski definition) is 3. The minimum absolute atomic E-state index is 0.0373. The van der Waals surface area contributed by atoms with Gasteiger partial charge in [-0.05, 0) is 25.1 Å². The third-order valence-electron chi connectivity index (χ3n) is 4.21. The summed E-state index contributed by atoms with van der Waals surface area (Å²) in [4.78, 5) is 0.